The third-order valence-electron chi connectivity index (χ3n) is 2.68. The van der Waals surface area contributed by atoms with Crippen LogP contribution in [0.4, 0.5) is 4.79 Å². The summed E-state index contributed by atoms with van der Waals surface area (Å²) in [6.07, 6.45) is 0. The van der Waals surface area contributed by atoms with E-state index in [1.165, 1.54) is 0 Å². The van der Waals surface area contributed by atoms with Crippen molar-refractivity contribution in [1.29, 1.82) is 0 Å². The quantitative estimate of drug-likeness (QED) is 0.260. The van der Waals surface area contributed by atoms with Crippen molar-refractivity contribution in [3.05, 3.63) is 24.3 Å². The Morgan fingerprint density at radius 2 is 1.08 bits per heavy atom. The second kappa shape index (κ2) is 14.9. The molecular formula is C17H28N2O7. The summed E-state index contributed by atoms with van der Waals surface area (Å²) in [6.45, 7) is 12.0. The van der Waals surface area contributed by atoms with E-state index in [0.717, 1.165) is 0 Å². The Bertz CT molecular complexity index is 450. The number of carbonyl (C=O) groups excluding carboxylic acids is 3. The van der Waals surface area contributed by atoms with E-state index < -0.39 is 11.9 Å². The van der Waals surface area contributed by atoms with Crippen LogP contribution in [-0.2, 0) is 28.5 Å². The fraction of sp³-hybridized carbons (Fsp3) is 0.588. The number of ether oxygens (including phenoxy) is 4. The molecule has 0 heterocycles. The zero-order valence-corrected chi connectivity index (χ0v) is 15.4. The maximum Gasteiger partial charge on any atom is 0.333 e. The normalized spacial score (nSPS) is 9.92. The van der Waals surface area contributed by atoms with Gasteiger partial charge in [0.2, 0.25) is 0 Å². The van der Waals surface area contributed by atoms with Crippen LogP contribution in [-0.4, -0.2) is 70.7 Å². The zero-order chi connectivity index (χ0) is 19.8. The van der Waals surface area contributed by atoms with Crippen molar-refractivity contribution in [3.8, 4) is 0 Å². The average Bonchev–Trinajstić information content (AvgIpc) is 2.59. The molecule has 9 heteroatoms. The van der Waals surface area contributed by atoms with Crippen molar-refractivity contribution < 1.29 is 33.3 Å². The number of carbonyl (C=O) groups is 3. The van der Waals surface area contributed by atoms with Crippen molar-refractivity contribution in [1.82, 2.24) is 10.6 Å². The highest BCUT2D eigenvalue weighted by atomic mass is 16.6. The summed E-state index contributed by atoms with van der Waals surface area (Å²) in [5.41, 5.74) is 0.667. The van der Waals surface area contributed by atoms with E-state index >= 15 is 0 Å². The fourth-order valence-electron chi connectivity index (χ4n) is 1.37. The Morgan fingerprint density at radius 1 is 0.692 bits per heavy atom. The van der Waals surface area contributed by atoms with Crippen LogP contribution in [0.1, 0.15) is 13.8 Å². The molecule has 0 bridgehead atoms. The summed E-state index contributed by atoms with van der Waals surface area (Å²) in [4.78, 5) is 33.6. The number of hydrogen-bond acceptors (Lipinski definition) is 7. The highest BCUT2D eigenvalue weighted by Gasteiger charge is 2.03. The Morgan fingerprint density at radius 3 is 1.42 bits per heavy atom. The topological polar surface area (TPSA) is 112 Å². The molecule has 0 aromatic rings. The lowest BCUT2D eigenvalue weighted by Gasteiger charge is -2.09. The van der Waals surface area contributed by atoms with Crippen LogP contribution in [0.25, 0.3) is 0 Å². The highest BCUT2D eigenvalue weighted by Crippen LogP contribution is 1.92. The standard InChI is InChI=1S/C17H28N2O7/c1-13(2)15(20)25-11-9-23-7-5-18-17(22)19-6-8-24-10-12-26-16(21)14(3)4/h1,3,5-12H2,2,4H3,(H2,18,19,22). The number of hydrogen-bond donors (Lipinski definition) is 2. The molecule has 0 saturated carbocycles. The van der Waals surface area contributed by atoms with E-state index in [0.29, 0.717) is 37.4 Å². The third kappa shape index (κ3) is 14.0. The molecule has 0 fully saturated rings. The third-order valence-corrected chi connectivity index (χ3v) is 2.68. The minimum absolute atomic E-state index is 0.136. The van der Waals surface area contributed by atoms with Crippen LogP contribution in [0.5, 0.6) is 0 Å². The van der Waals surface area contributed by atoms with E-state index in [1.807, 2.05) is 0 Å². The number of nitrogens with one attached hydrogen (secondary N) is 2. The summed E-state index contributed by atoms with van der Waals surface area (Å²) in [7, 11) is 0. The maximum atomic E-state index is 11.5. The molecule has 0 aliphatic heterocycles. The second-order valence-electron chi connectivity index (χ2n) is 5.24. The molecule has 0 unspecified atom stereocenters. The van der Waals surface area contributed by atoms with E-state index in [2.05, 4.69) is 23.8 Å². The lowest BCUT2D eigenvalue weighted by molar-refractivity contribution is -0.141. The van der Waals surface area contributed by atoms with E-state index in [1.54, 1.807) is 13.8 Å². The Balaban J connectivity index is 3.37. The summed E-state index contributed by atoms with van der Waals surface area (Å²) >= 11 is 0. The Labute approximate surface area is 153 Å². The number of rotatable bonds is 14. The molecule has 0 atom stereocenters. The van der Waals surface area contributed by atoms with Gasteiger partial charge in [0.15, 0.2) is 0 Å². The molecule has 0 saturated heterocycles. The van der Waals surface area contributed by atoms with E-state index in [4.69, 9.17) is 18.9 Å². The van der Waals surface area contributed by atoms with Crippen LogP contribution in [0.3, 0.4) is 0 Å². The van der Waals surface area contributed by atoms with Gasteiger partial charge >= 0.3 is 18.0 Å². The van der Waals surface area contributed by atoms with Gasteiger partial charge in [-0.3, -0.25) is 0 Å². The van der Waals surface area contributed by atoms with Crippen molar-refractivity contribution in [2.75, 3.05) is 52.7 Å². The summed E-state index contributed by atoms with van der Waals surface area (Å²) < 4.78 is 20.1. The summed E-state index contributed by atoms with van der Waals surface area (Å²) in [6, 6.07) is -0.348. The average molecular weight is 372 g/mol. The first-order valence-electron chi connectivity index (χ1n) is 8.17. The molecule has 26 heavy (non-hydrogen) atoms. The van der Waals surface area contributed by atoms with Gasteiger partial charge in [0.05, 0.1) is 26.4 Å². The smallest absolute Gasteiger partial charge is 0.333 e. The molecule has 9 nitrogen and oxygen atoms in total. The molecule has 0 spiro atoms. The summed E-state index contributed by atoms with van der Waals surface area (Å²) in [5, 5.41) is 5.20. The van der Waals surface area contributed by atoms with E-state index in [-0.39, 0.29) is 32.5 Å². The fourth-order valence-corrected chi connectivity index (χ4v) is 1.37. The number of amides is 2. The van der Waals surface area contributed by atoms with Crippen LogP contribution >= 0.6 is 0 Å². The van der Waals surface area contributed by atoms with Gasteiger partial charge in [-0.05, 0) is 13.8 Å². The summed E-state index contributed by atoms with van der Waals surface area (Å²) in [5.74, 6) is -0.912. The van der Waals surface area contributed by atoms with Gasteiger partial charge in [-0.2, -0.15) is 0 Å². The largest absolute Gasteiger partial charge is 0.460 e. The highest BCUT2D eigenvalue weighted by molar-refractivity contribution is 5.87. The van der Waals surface area contributed by atoms with Gasteiger partial charge in [-0.1, -0.05) is 13.2 Å². The van der Waals surface area contributed by atoms with Gasteiger partial charge < -0.3 is 29.6 Å². The molecule has 0 aromatic carbocycles. The van der Waals surface area contributed by atoms with Crippen LogP contribution in [0, 0.1) is 0 Å². The van der Waals surface area contributed by atoms with E-state index in [9.17, 15) is 14.4 Å². The SMILES string of the molecule is C=C(C)C(=O)OCCOCCNC(=O)NCCOCCOC(=O)C(=C)C. The first-order valence-corrected chi connectivity index (χ1v) is 8.17. The Hall–Kier alpha value is -2.39. The van der Waals surface area contributed by atoms with Crippen molar-refractivity contribution in [2.45, 2.75) is 13.8 Å². The lowest BCUT2D eigenvalue weighted by atomic mass is 10.4. The number of esters is 2. The van der Waals surface area contributed by atoms with Crippen molar-refractivity contribution >= 4 is 18.0 Å². The van der Waals surface area contributed by atoms with Crippen LogP contribution in [0.15, 0.2) is 24.3 Å². The molecule has 0 aliphatic rings. The van der Waals surface area contributed by atoms with Crippen LogP contribution < -0.4 is 10.6 Å². The molecule has 0 rings (SSSR count). The van der Waals surface area contributed by atoms with Gasteiger partial charge in [0.1, 0.15) is 13.2 Å². The first kappa shape index (κ1) is 23.6. The second-order valence-corrected chi connectivity index (χ2v) is 5.24. The predicted octanol–water partition coefficient (Wildman–Crippen LogP) is 0.557. The zero-order valence-electron chi connectivity index (χ0n) is 15.4. The molecule has 2 amide bonds. The molecule has 0 aliphatic carbocycles. The van der Waals surface area contributed by atoms with Gasteiger partial charge in [0, 0.05) is 24.2 Å². The lowest BCUT2D eigenvalue weighted by Crippen LogP contribution is -2.39. The van der Waals surface area contributed by atoms with Gasteiger partial charge in [-0.15, -0.1) is 0 Å². The molecule has 0 aromatic heterocycles. The maximum absolute atomic E-state index is 11.5. The number of urea groups is 1. The monoisotopic (exact) mass is 372 g/mol. The molecule has 148 valence electrons. The van der Waals surface area contributed by atoms with Crippen LogP contribution in [0.2, 0.25) is 0 Å². The first-order chi connectivity index (χ1) is 12.3. The van der Waals surface area contributed by atoms with Gasteiger partial charge in [0.25, 0.3) is 0 Å². The predicted molar refractivity (Wildman–Crippen MR) is 94.6 cm³/mol. The minimum Gasteiger partial charge on any atom is -0.460 e. The molecular weight excluding hydrogens is 344 g/mol. The van der Waals surface area contributed by atoms with Gasteiger partial charge in [-0.25, -0.2) is 14.4 Å². The Kier molecular flexibility index (Phi) is 13.5. The minimum atomic E-state index is -0.456. The van der Waals surface area contributed by atoms with Crippen molar-refractivity contribution in [2.24, 2.45) is 0 Å². The molecule has 2 N–H and O–H groups in total. The van der Waals surface area contributed by atoms with Crippen molar-refractivity contribution in [3.63, 3.8) is 0 Å². The molecule has 0 radical (unpaired) electrons.